The highest BCUT2D eigenvalue weighted by Crippen LogP contribution is 2.17. The normalized spacial score (nSPS) is 12.7. The summed E-state index contributed by atoms with van der Waals surface area (Å²) in [6, 6.07) is -0.557. The molecule has 0 saturated carbocycles. The number of aliphatic hydroxyl groups excluding tert-OH is 2. The number of hydrogen-bond acceptors (Lipinski definition) is 5. The van der Waals surface area contributed by atoms with Crippen LogP contribution in [0.2, 0.25) is 0 Å². The lowest BCUT2D eigenvalue weighted by atomic mass is 10.0. The SMILES string of the molecule is CCCCCC/C=C\C/C=C\CCCCCCCCCC(=O)OCCCCCCCCCCCCCC(=O)NC(CO)C(O)CCCCCCCCCCCCCCCCCCCCC. The third-order valence-electron chi connectivity index (χ3n) is 13.5. The molecule has 2 unspecified atom stereocenters. The Balaban J connectivity index is 3.46. The Morgan fingerprint density at radius 1 is 0.431 bits per heavy atom. The van der Waals surface area contributed by atoms with Gasteiger partial charge >= 0.3 is 5.97 Å². The van der Waals surface area contributed by atoms with Crippen molar-refractivity contribution >= 4 is 11.9 Å². The zero-order valence-corrected chi connectivity index (χ0v) is 43.7. The van der Waals surface area contributed by atoms with Crippen LogP contribution in [0, 0.1) is 0 Å². The van der Waals surface area contributed by atoms with Crippen LogP contribution in [0.25, 0.3) is 0 Å². The van der Waals surface area contributed by atoms with E-state index in [0.29, 0.717) is 25.9 Å². The molecule has 384 valence electrons. The van der Waals surface area contributed by atoms with Crippen LogP contribution in [-0.4, -0.2) is 47.4 Å². The van der Waals surface area contributed by atoms with Gasteiger partial charge in [0.1, 0.15) is 0 Å². The Labute approximate surface area is 405 Å². The van der Waals surface area contributed by atoms with Crippen molar-refractivity contribution in [3.05, 3.63) is 24.3 Å². The van der Waals surface area contributed by atoms with Crippen molar-refractivity contribution in [1.82, 2.24) is 5.32 Å². The van der Waals surface area contributed by atoms with Crippen molar-refractivity contribution in [2.75, 3.05) is 13.2 Å². The first-order valence-electron chi connectivity index (χ1n) is 29.1. The van der Waals surface area contributed by atoms with Crippen LogP contribution in [-0.2, 0) is 14.3 Å². The van der Waals surface area contributed by atoms with E-state index in [1.165, 1.54) is 218 Å². The van der Waals surface area contributed by atoms with Gasteiger partial charge in [0.05, 0.1) is 25.4 Å². The predicted octanol–water partition coefficient (Wildman–Crippen LogP) is 17.9. The Morgan fingerprint density at radius 2 is 0.769 bits per heavy atom. The molecule has 6 heteroatoms. The maximum Gasteiger partial charge on any atom is 0.305 e. The van der Waals surface area contributed by atoms with Crippen LogP contribution in [0.4, 0.5) is 0 Å². The molecule has 65 heavy (non-hydrogen) atoms. The van der Waals surface area contributed by atoms with Crippen molar-refractivity contribution < 1.29 is 24.5 Å². The van der Waals surface area contributed by atoms with Gasteiger partial charge in [-0.3, -0.25) is 9.59 Å². The summed E-state index contributed by atoms with van der Waals surface area (Å²) < 4.78 is 5.47. The average molecular weight is 917 g/mol. The summed E-state index contributed by atoms with van der Waals surface area (Å²) in [5, 5.41) is 23.3. The molecule has 0 aliphatic heterocycles. The molecule has 3 N–H and O–H groups in total. The molecular weight excluding hydrogens is 803 g/mol. The Hall–Kier alpha value is -1.66. The van der Waals surface area contributed by atoms with E-state index in [9.17, 15) is 19.8 Å². The van der Waals surface area contributed by atoms with Gasteiger partial charge in [-0.05, 0) is 57.8 Å². The van der Waals surface area contributed by atoms with Crippen LogP contribution >= 0.6 is 0 Å². The summed E-state index contributed by atoms with van der Waals surface area (Å²) in [6.07, 6.45) is 65.9. The van der Waals surface area contributed by atoms with Crippen LogP contribution < -0.4 is 5.32 Å². The van der Waals surface area contributed by atoms with Crippen molar-refractivity contribution in [2.24, 2.45) is 0 Å². The fraction of sp³-hybridized carbons (Fsp3) is 0.898. The number of nitrogens with one attached hydrogen (secondary N) is 1. The molecule has 0 bridgehead atoms. The molecule has 2 atom stereocenters. The highest BCUT2D eigenvalue weighted by molar-refractivity contribution is 5.76. The summed E-state index contributed by atoms with van der Waals surface area (Å²) in [5.74, 6) is -0.0720. The largest absolute Gasteiger partial charge is 0.466 e. The quantitative estimate of drug-likeness (QED) is 0.0321. The third kappa shape index (κ3) is 51.6. The molecule has 0 heterocycles. The molecule has 0 saturated heterocycles. The highest BCUT2D eigenvalue weighted by Gasteiger charge is 2.20. The lowest BCUT2D eigenvalue weighted by Gasteiger charge is -2.22. The van der Waals surface area contributed by atoms with Gasteiger partial charge in [-0.2, -0.15) is 0 Å². The number of carbonyl (C=O) groups is 2. The van der Waals surface area contributed by atoms with Crippen LogP contribution in [0.15, 0.2) is 24.3 Å². The maximum atomic E-state index is 12.5. The van der Waals surface area contributed by atoms with Crippen molar-refractivity contribution in [3.63, 3.8) is 0 Å². The van der Waals surface area contributed by atoms with Gasteiger partial charge in [-0.15, -0.1) is 0 Å². The molecule has 0 aromatic rings. The minimum atomic E-state index is -0.678. The monoisotopic (exact) mass is 916 g/mol. The first kappa shape index (κ1) is 63.3. The molecule has 0 rings (SSSR count). The van der Waals surface area contributed by atoms with E-state index in [1.807, 2.05) is 0 Å². The van der Waals surface area contributed by atoms with E-state index in [4.69, 9.17) is 4.74 Å². The third-order valence-corrected chi connectivity index (χ3v) is 13.5. The molecule has 0 aromatic carbocycles. The van der Waals surface area contributed by atoms with Gasteiger partial charge < -0.3 is 20.3 Å². The number of ether oxygens (including phenoxy) is 1. The van der Waals surface area contributed by atoms with Gasteiger partial charge in [-0.25, -0.2) is 0 Å². The molecule has 0 radical (unpaired) electrons. The lowest BCUT2D eigenvalue weighted by Crippen LogP contribution is -2.45. The summed E-state index contributed by atoms with van der Waals surface area (Å²) in [7, 11) is 0. The second-order valence-electron chi connectivity index (χ2n) is 20.0. The van der Waals surface area contributed by atoms with Gasteiger partial charge in [0.15, 0.2) is 0 Å². The molecular formula is C59H113NO5. The van der Waals surface area contributed by atoms with Gasteiger partial charge in [0, 0.05) is 12.8 Å². The molecule has 0 aromatic heterocycles. The van der Waals surface area contributed by atoms with Crippen LogP contribution in [0.1, 0.15) is 316 Å². The first-order chi connectivity index (χ1) is 32.0. The number of rotatable bonds is 54. The van der Waals surface area contributed by atoms with Gasteiger partial charge in [0.25, 0.3) is 0 Å². The molecule has 0 fully saturated rings. The van der Waals surface area contributed by atoms with E-state index >= 15 is 0 Å². The number of unbranched alkanes of at least 4 members (excludes halogenated alkanes) is 39. The number of hydrogen-bond donors (Lipinski definition) is 3. The Kier molecular flexibility index (Phi) is 53.5. The maximum absolute atomic E-state index is 12.5. The molecule has 1 amide bonds. The number of allylic oxidation sites excluding steroid dienone is 4. The van der Waals surface area contributed by atoms with Crippen molar-refractivity contribution in [1.29, 1.82) is 0 Å². The molecule has 0 aliphatic rings. The Morgan fingerprint density at radius 3 is 1.18 bits per heavy atom. The smallest absolute Gasteiger partial charge is 0.305 e. The van der Waals surface area contributed by atoms with Crippen LogP contribution in [0.3, 0.4) is 0 Å². The van der Waals surface area contributed by atoms with E-state index in [2.05, 4.69) is 43.5 Å². The molecule has 0 spiro atoms. The fourth-order valence-electron chi connectivity index (χ4n) is 9.02. The second-order valence-corrected chi connectivity index (χ2v) is 20.0. The topological polar surface area (TPSA) is 95.9 Å². The summed E-state index contributed by atoms with van der Waals surface area (Å²) in [4.78, 5) is 24.6. The molecule has 0 aliphatic carbocycles. The number of carbonyl (C=O) groups excluding carboxylic acids is 2. The van der Waals surface area contributed by atoms with Crippen molar-refractivity contribution in [2.45, 2.75) is 328 Å². The zero-order chi connectivity index (χ0) is 47.2. The first-order valence-corrected chi connectivity index (χ1v) is 29.1. The van der Waals surface area contributed by atoms with Crippen LogP contribution in [0.5, 0.6) is 0 Å². The summed E-state index contributed by atoms with van der Waals surface area (Å²) in [5.41, 5.74) is 0. The van der Waals surface area contributed by atoms with Gasteiger partial charge in [-0.1, -0.05) is 269 Å². The predicted molar refractivity (Wildman–Crippen MR) is 283 cm³/mol. The molecule has 6 nitrogen and oxygen atoms in total. The van der Waals surface area contributed by atoms with E-state index in [0.717, 1.165) is 64.2 Å². The number of aliphatic hydroxyl groups is 2. The van der Waals surface area contributed by atoms with E-state index in [1.54, 1.807) is 0 Å². The average Bonchev–Trinajstić information content (AvgIpc) is 3.31. The zero-order valence-electron chi connectivity index (χ0n) is 43.7. The second kappa shape index (κ2) is 54.9. The minimum Gasteiger partial charge on any atom is -0.466 e. The minimum absolute atomic E-state index is 0.0202. The van der Waals surface area contributed by atoms with Crippen molar-refractivity contribution in [3.8, 4) is 0 Å². The number of amides is 1. The summed E-state index contributed by atoms with van der Waals surface area (Å²) in [6.45, 7) is 4.91. The van der Waals surface area contributed by atoms with E-state index in [-0.39, 0.29) is 18.5 Å². The fourth-order valence-corrected chi connectivity index (χ4v) is 9.02. The van der Waals surface area contributed by atoms with Gasteiger partial charge in [0.2, 0.25) is 5.91 Å². The standard InChI is InChI=1S/C59H113NO5/c1-3-5-7-9-11-13-15-17-19-21-23-24-26-28-31-35-39-43-47-51-57(62)56(55-61)60-58(63)52-48-44-40-36-32-30-34-38-42-46-50-54-65-59(64)53-49-45-41-37-33-29-27-25-22-20-18-16-14-12-10-8-6-4-2/h14,16,20,22,56-57,61-62H,3-13,15,17-19,21,23-55H2,1-2H3,(H,60,63)/b16-14-,22-20-. The van der Waals surface area contributed by atoms with E-state index < -0.39 is 12.1 Å². The Bertz CT molecular complexity index is 1010. The lowest BCUT2D eigenvalue weighted by molar-refractivity contribution is -0.143. The highest BCUT2D eigenvalue weighted by atomic mass is 16.5. The summed E-state index contributed by atoms with van der Waals surface area (Å²) >= 11 is 0. The number of esters is 1.